The van der Waals surface area contributed by atoms with Crippen molar-refractivity contribution in [3.05, 3.63) is 60.2 Å². The number of hydrogen-bond acceptors (Lipinski definition) is 6. The van der Waals surface area contributed by atoms with E-state index in [2.05, 4.69) is 38.3 Å². The minimum atomic E-state index is -0.462. The van der Waals surface area contributed by atoms with Crippen molar-refractivity contribution in [2.45, 2.75) is 44.4 Å². The standard InChI is InChI=1S/C27H30O6/c1-5-21(28)30-11-13-32-25-20-15-17(3)7-8-19(20)26(33-14-12-31-22(29)6-2)24-23(25)18-9-10-27(24,4)16-18/h5-8,15,18H,1-2,9-14,16H2,3-4H3. The van der Waals surface area contributed by atoms with Gasteiger partial charge in [0.1, 0.15) is 37.9 Å². The summed E-state index contributed by atoms with van der Waals surface area (Å²) in [6, 6.07) is 6.24. The van der Waals surface area contributed by atoms with Crippen LogP contribution in [-0.4, -0.2) is 38.4 Å². The monoisotopic (exact) mass is 450 g/mol. The lowest BCUT2D eigenvalue weighted by molar-refractivity contribution is -0.139. The Bertz CT molecular complexity index is 1120. The summed E-state index contributed by atoms with van der Waals surface area (Å²) >= 11 is 0. The summed E-state index contributed by atoms with van der Waals surface area (Å²) in [6.45, 7) is 12.0. The third kappa shape index (κ3) is 4.34. The maximum Gasteiger partial charge on any atom is 0.330 e. The fourth-order valence-corrected chi connectivity index (χ4v) is 5.26. The zero-order valence-corrected chi connectivity index (χ0v) is 19.3. The van der Waals surface area contributed by atoms with Gasteiger partial charge in [-0.1, -0.05) is 37.8 Å². The Labute approximate surface area is 194 Å². The van der Waals surface area contributed by atoms with Gasteiger partial charge in [-0.2, -0.15) is 0 Å². The van der Waals surface area contributed by atoms with E-state index in [0.29, 0.717) is 5.92 Å². The van der Waals surface area contributed by atoms with Crippen molar-refractivity contribution in [3.63, 3.8) is 0 Å². The van der Waals surface area contributed by atoms with E-state index in [4.69, 9.17) is 18.9 Å². The molecule has 2 aromatic carbocycles. The zero-order valence-electron chi connectivity index (χ0n) is 19.3. The van der Waals surface area contributed by atoms with Crippen molar-refractivity contribution < 1.29 is 28.5 Å². The van der Waals surface area contributed by atoms with E-state index in [0.717, 1.165) is 59.2 Å². The van der Waals surface area contributed by atoms with E-state index in [1.165, 1.54) is 11.1 Å². The normalized spacial score (nSPS) is 20.2. The molecule has 4 rings (SSSR count). The van der Waals surface area contributed by atoms with Gasteiger partial charge in [0, 0.05) is 34.1 Å². The van der Waals surface area contributed by atoms with Crippen LogP contribution in [0, 0.1) is 6.92 Å². The van der Waals surface area contributed by atoms with Crippen molar-refractivity contribution in [2.75, 3.05) is 26.4 Å². The first-order valence-corrected chi connectivity index (χ1v) is 11.3. The van der Waals surface area contributed by atoms with Gasteiger partial charge in [0.05, 0.1) is 0 Å². The highest BCUT2D eigenvalue weighted by molar-refractivity contribution is 5.98. The number of benzene rings is 2. The van der Waals surface area contributed by atoms with Crippen LogP contribution in [0.5, 0.6) is 11.5 Å². The van der Waals surface area contributed by atoms with Gasteiger partial charge in [0.2, 0.25) is 0 Å². The molecule has 1 saturated carbocycles. The van der Waals surface area contributed by atoms with Gasteiger partial charge >= 0.3 is 11.9 Å². The zero-order chi connectivity index (χ0) is 23.6. The van der Waals surface area contributed by atoms with Crippen LogP contribution in [0.25, 0.3) is 10.8 Å². The summed E-state index contributed by atoms with van der Waals surface area (Å²) in [4.78, 5) is 22.8. The first-order chi connectivity index (χ1) is 15.9. The second kappa shape index (κ2) is 9.30. The first kappa shape index (κ1) is 22.9. The number of fused-ring (bicyclic) bond motifs is 6. The summed E-state index contributed by atoms with van der Waals surface area (Å²) in [5.74, 6) is 1.19. The molecule has 1 fully saturated rings. The third-order valence-corrected chi connectivity index (χ3v) is 6.64. The van der Waals surface area contributed by atoms with Crippen LogP contribution >= 0.6 is 0 Å². The van der Waals surface area contributed by atoms with E-state index in [-0.39, 0.29) is 31.8 Å². The van der Waals surface area contributed by atoms with E-state index in [9.17, 15) is 9.59 Å². The summed E-state index contributed by atoms with van der Waals surface area (Å²) < 4.78 is 22.8. The lowest BCUT2D eigenvalue weighted by Gasteiger charge is -2.30. The van der Waals surface area contributed by atoms with Gasteiger partial charge in [-0.3, -0.25) is 0 Å². The molecule has 0 saturated heterocycles. The molecule has 0 heterocycles. The number of hydrogen-bond donors (Lipinski definition) is 0. The molecule has 2 aliphatic carbocycles. The Morgan fingerprint density at radius 1 is 1.00 bits per heavy atom. The van der Waals surface area contributed by atoms with Crippen LogP contribution in [0.1, 0.15) is 48.8 Å². The van der Waals surface area contributed by atoms with Crippen LogP contribution in [0.4, 0.5) is 0 Å². The second-order valence-electron chi connectivity index (χ2n) is 8.94. The molecule has 0 N–H and O–H groups in total. The Balaban J connectivity index is 1.72. The quantitative estimate of drug-likeness (QED) is 0.291. The number of carbonyl (C=O) groups excluding carboxylic acids is 2. The summed E-state index contributed by atoms with van der Waals surface area (Å²) in [6.07, 6.45) is 5.56. The Kier molecular flexibility index (Phi) is 6.45. The van der Waals surface area contributed by atoms with Crippen LogP contribution < -0.4 is 9.47 Å². The average Bonchev–Trinajstić information content (AvgIpc) is 3.33. The first-order valence-electron chi connectivity index (χ1n) is 11.3. The van der Waals surface area contributed by atoms with E-state index in [1.54, 1.807) is 0 Å². The molecule has 0 spiro atoms. The van der Waals surface area contributed by atoms with Crippen LogP contribution in [0.3, 0.4) is 0 Å². The number of esters is 2. The predicted molar refractivity (Wildman–Crippen MR) is 126 cm³/mol. The molecule has 2 bridgehead atoms. The predicted octanol–water partition coefficient (Wildman–Crippen LogP) is 4.90. The molecule has 2 atom stereocenters. The summed E-state index contributed by atoms with van der Waals surface area (Å²) in [5, 5.41) is 1.96. The van der Waals surface area contributed by atoms with E-state index >= 15 is 0 Å². The van der Waals surface area contributed by atoms with Gasteiger partial charge in [-0.05, 0) is 43.6 Å². The highest BCUT2D eigenvalue weighted by atomic mass is 16.6. The molecule has 33 heavy (non-hydrogen) atoms. The van der Waals surface area contributed by atoms with Crippen LogP contribution in [-0.2, 0) is 24.5 Å². The van der Waals surface area contributed by atoms with Crippen LogP contribution in [0.2, 0.25) is 0 Å². The SMILES string of the molecule is C=CC(=O)OCCOc1c2c(c(OCCOC(=O)C=C)c3ccc(C)cc13)C1(C)CCC2C1. The van der Waals surface area contributed by atoms with Crippen molar-refractivity contribution in [2.24, 2.45) is 0 Å². The number of rotatable bonds is 10. The number of carbonyl (C=O) groups is 2. The van der Waals surface area contributed by atoms with Gasteiger partial charge in [-0.15, -0.1) is 0 Å². The van der Waals surface area contributed by atoms with Crippen molar-refractivity contribution in [1.29, 1.82) is 0 Å². The molecule has 2 aromatic rings. The smallest absolute Gasteiger partial charge is 0.330 e. The Hall–Kier alpha value is -3.28. The van der Waals surface area contributed by atoms with Gasteiger partial charge in [-0.25, -0.2) is 9.59 Å². The molecule has 6 nitrogen and oxygen atoms in total. The molecule has 2 aliphatic rings. The Morgan fingerprint density at radius 3 is 2.27 bits per heavy atom. The van der Waals surface area contributed by atoms with E-state index in [1.807, 2.05) is 6.92 Å². The van der Waals surface area contributed by atoms with Crippen molar-refractivity contribution in [3.8, 4) is 11.5 Å². The van der Waals surface area contributed by atoms with Crippen molar-refractivity contribution in [1.82, 2.24) is 0 Å². The lowest BCUT2D eigenvalue weighted by atomic mass is 9.78. The lowest BCUT2D eigenvalue weighted by Crippen LogP contribution is -2.20. The highest BCUT2D eigenvalue weighted by Gasteiger charge is 2.50. The van der Waals surface area contributed by atoms with Gasteiger partial charge in [0.25, 0.3) is 0 Å². The maximum atomic E-state index is 11.4. The molecule has 174 valence electrons. The Morgan fingerprint density at radius 2 is 1.64 bits per heavy atom. The second-order valence-corrected chi connectivity index (χ2v) is 8.94. The highest BCUT2D eigenvalue weighted by Crippen LogP contribution is 2.64. The van der Waals surface area contributed by atoms with Crippen LogP contribution in [0.15, 0.2) is 43.5 Å². The topological polar surface area (TPSA) is 71.1 Å². The largest absolute Gasteiger partial charge is 0.489 e. The molecule has 6 heteroatoms. The van der Waals surface area contributed by atoms with E-state index < -0.39 is 11.9 Å². The average molecular weight is 451 g/mol. The van der Waals surface area contributed by atoms with Crippen molar-refractivity contribution >= 4 is 22.7 Å². The molecular weight excluding hydrogens is 420 g/mol. The fraction of sp³-hybridized carbons (Fsp3) is 0.407. The molecule has 0 amide bonds. The number of ether oxygens (including phenoxy) is 4. The molecular formula is C27H30O6. The molecule has 2 unspecified atom stereocenters. The molecule has 0 aliphatic heterocycles. The summed E-state index contributed by atoms with van der Waals surface area (Å²) in [5.41, 5.74) is 3.53. The van der Waals surface area contributed by atoms with Gasteiger partial charge < -0.3 is 18.9 Å². The minimum Gasteiger partial charge on any atom is -0.489 e. The maximum absolute atomic E-state index is 11.4. The summed E-state index contributed by atoms with van der Waals surface area (Å²) in [7, 11) is 0. The van der Waals surface area contributed by atoms with Gasteiger partial charge in [0.15, 0.2) is 0 Å². The molecule has 0 aromatic heterocycles. The fourth-order valence-electron chi connectivity index (χ4n) is 5.26. The number of aryl methyl sites for hydroxylation is 1. The third-order valence-electron chi connectivity index (χ3n) is 6.64. The molecule has 0 radical (unpaired) electrons. The minimum absolute atomic E-state index is 0.0135.